The van der Waals surface area contributed by atoms with Crippen molar-refractivity contribution in [2.24, 2.45) is 0 Å². The summed E-state index contributed by atoms with van der Waals surface area (Å²) in [6, 6.07) is 14.6. The highest BCUT2D eigenvalue weighted by atomic mass is 19.1. The van der Waals surface area contributed by atoms with E-state index in [1.54, 1.807) is 24.9 Å². The third-order valence-electron chi connectivity index (χ3n) is 4.63. The van der Waals surface area contributed by atoms with Gasteiger partial charge in [-0.1, -0.05) is 18.2 Å². The Bertz CT molecular complexity index is 1070. The van der Waals surface area contributed by atoms with Gasteiger partial charge in [-0.3, -0.25) is 0 Å². The number of hydrogen-bond donors (Lipinski definition) is 1. The van der Waals surface area contributed by atoms with Crippen LogP contribution in [0, 0.1) is 25.5 Å². The number of nitrogens with zero attached hydrogens (tertiary/aromatic N) is 1. The topological polar surface area (TPSA) is 49.8 Å². The Morgan fingerprint density at radius 2 is 1.79 bits per heavy atom. The summed E-state index contributed by atoms with van der Waals surface area (Å²) in [6.07, 6.45) is 0. The van der Waals surface area contributed by atoms with Crippen LogP contribution in [0.3, 0.4) is 0 Å². The molecule has 0 spiro atoms. The van der Waals surface area contributed by atoms with E-state index in [2.05, 4.69) is 0 Å². The Morgan fingerprint density at radius 1 is 1.03 bits per heavy atom. The summed E-state index contributed by atoms with van der Waals surface area (Å²) in [6.45, 7) is 3.08. The molecule has 0 aliphatic heterocycles. The first-order valence-electron chi connectivity index (χ1n) is 9.01. The minimum Gasteiger partial charge on any atom is -0.482 e. The van der Waals surface area contributed by atoms with E-state index in [4.69, 9.17) is 9.84 Å². The van der Waals surface area contributed by atoms with Crippen LogP contribution in [0.4, 0.5) is 20.2 Å². The molecule has 0 aliphatic rings. The van der Waals surface area contributed by atoms with E-state index in [1.165, 1.54) is 24.3 Å². The summed E-state index contributed by atoms with van der Waals surface area (Å²) < 4.78 is 33.6. The minimum atomic E-state index is -1.11. The molecule has 0 saturated heterocycles. The number of aryl methyl sites for hydroxylation is 1. The fraction of sp³-hybridized carbons (Fsp3) is 0.174. The molecule has 4 nitrogen and oxygen atoms in total. The van der Waals surface area contributed by atoms with Gasteiger partial charge >= 0.3 is 5.97 Å². The molecule has 1 N–H and O–H groups in total. The van der Waals surface area contributed by atoms with Crippen LogP contribution in [0.5, 0.6) is 5.75 Å². The lowest BCUT2D eigenvalue weighted by molar-refractivity contribution is -0.139. The zero-order chi connectivity index (χ0) is 21.1. The van der Waals surface area contributed by atoms with E-state index >= 15 is 0 Å². The summed E-state index contributed by atoms with van der Waals surface area (Å²) in [7, 11) is 1.72. The number of benzene rings is 3. The van der Waals surface area contributed by atoms with Gasteiger partial charge in [-0.05, 0) is 66.9 Å². The van der Waals surface area contributed by atoms with E-state index in [0.29, 0.717) is 17.0 Å². The molecule has 0 unspecified atom stereocenters. The van der Waals surface area contributed by atoms with Gasteiger partial charge < -0.3 is 14.7 Å². The minimum absolute atomic E-state index is 0.281. The maximum absolute atomic E-state index is 14.7. The molecule has 3 aromatic carbocycles. The van der Waals surface area contributed by atoms with Crippen LogP contribution in [-0.2, 0) is 4.79 Å². The van der Waals surface area contributed by atoms with Gasteiger partial charge in [0.15, 0.2) is 6.61 Å². The third kappa shape index (κ3) is 4.54. The molecule has 0 bridgehead atoms. The van der Waals surface area contributed by atoms with Crippen molar-refractivity contribution in [3.8, 4) is 16.9 Å². The van der Waals surface area contributed by atoms with Gasteiger partial charge in [0, 0.05) is 18.3 Å². The van der Waals surface area contributed by atoms with Crippen LogP contribution in [-0.4, -0.2) is 24.7 Å². The zero-order valence-electron chi connectivity index (χ0n) is 16.4. The van der Waals surface area contributed by atoms with Crippen molar-refractivity contribution < 1.29 is 23.4 Å². The second-order valence-corrected chi connectivity index (χ2v) is 6.83. The maximum atomic E-state index is 14.7. The van der Waals surface area contributed by atoms with Crippen LogP contribution in [0.1, 0.15) is 11.1 Å². The van der Waals surface area contributed by atoms with Gasteiger partial charge in [-0.2, -0.15) is 0 Å². The Morgan fingerprint density at radius 3 is 2.48 bits per heavy atom. The second-order valence-electron chi connectivity index (χ2n) is 6.83. The SMILES string of the molecule is Cc1cc(-c2cccc(F)c2)cc(N(C)c2c(F)ccc(OCC(=O)O)c2C)c1. The molecule has 3 aromatic rings. The molecule has 0 heterocycles. The Kier molecular flexibility index (Phi) is 5.82. The van der Waals surface area contributed by atoms with Gasteiger partial charge in [-0.25, -0.2) is 13.6 Å². The zero-order valence-corrected chi connectivity index (χ0v) is 16.4. The lowest BCUT2D eigenvalue weighted by atomic mass is 10.0. The predicted molar refractivity (Wildman–Crippen MR) is 109 cm³/mol. The maximum Gasteiger partial charge on any atom is 0.341 e. The molecule has 0 amide bonds. The molecule has 0 aliphatic carbocycles. The van der Waals surface area contributed by atoms with Crippen molar-refractivity contribution >= 4 is 17.3 Å². The number of anilines is 2. The molecule has 0 aromatic heterocycles. The third-order valence-corrected chi connectivity index (χ3v) is 4.63. The fourth-order valence-electron chi connectivity index (χ4n) is 3.28. The number of carbonyl (C=O) groups is 1. The van der Waals surface area contributed by atoms with Crippen LogP contribution in [0.2, 0.25) is 0 Å². The highest BCUT2D eigenvalue weighted by molar-refractivity contribution is 5.75. The van der Waals surface area contributed by atoms with E-state index in [-0.39, 0.29) is 11.5 Å². The average molecular weight is 397 g/mol. The lowest BCUT2D eigenvalue weighted by Crippen LogP contribution is -2.15. The largest absolute Gasteiger partial charge is 0.482 e. The summed E-state index contributed by atoms with van der Waals surface area (Å²) >= 11 is 0. The Labute approximate surface area is 168 Å². The molecule has 29 heavy (non-hydrogen) atoms. The van der Waals surface area contributed by atoms with Gasteiger partial charge in [0.1, 0.15) is 17.4 Å². The first-order valence-corrected chi connectivity index (χ1v) is 9.01. The van der Waals surface area contributed by atoms with Gasteiger partial charge in [-0.15, -0.1) is 0 Å². The van der Waals surface area contributed by atoms with Crippen LogP contribution >= 0.6 is 0 Å². The van der Waals surface area contributed by atoms with E-state index in [1.807, 2.05) is 31.2 Å². The van der Waals surface area contributed by atoms with Crippen molar-refractivity contribution in [2.45, 2.75) is 13.8 Å². The van der Waals surface area contributed by atoms with E-state index in [0.717, 1.165) is 16.7 Å². The second kappa shape index (κ2) is 8.31. The van der Waals surface area contributed by atoms with Crippen molar-refractivity contribution in [1.29, 1.82) is 0 Å². The molecule has 3 rings (SSSR count). The standard InChI is InChI=1S/C23H21F2NO3/c1-14-9-17(16-5-4-6-18(24)11-16)12-19(10-14)26(3)23-15(2)21(8-7-20(23)25)29-13-22(27)28/h4-12H,13H2,1-3H3,(H,27,28). The number of aliphatic carboxylic acids is 1. The smallest absolute Gasteiger partial charge is 0.341 e. The molecule has 0 radical (unpaired) electrons. The molecule has 0 saturated carbocycles. The average Bonchev–Trinajstić information content (AvgIpc) is 2.66. The number of carboxylic acids is 1. The van der Waals surface area contributed by atoms with E-state index in [9.17, 15) is 13.6 Å². The number of hydrogen-bond acceptors (Lipinski definition) is 3. The quantitative estimate of drug-likeness (QED) is 0.598. The molecular formula is C23H21F2NO3. The Hall–Kier alpha value is -3.41. The fourth-order valence-corrected chi connectivity index (χ4v) is 3.28. The van der Waals surface area contributed by atoms with Crippen molar-refractivity contribution in [2.75, 3.05) is 18.6 Å². The summed E-state index contributed by atoms with van der Waals surface area (Å²) in [4.78, 5) is 12.5. The summed E-state index contributed by atoms with van der Waals surface area (Å²) in [5.74, 6) is -1.60. The first kappa shape index (κ1) is 20.3. The van der Waals surface area contributed by atoms with Crippen molar-refractivity contribution in [1.82, 2.24) is 0 Å². The number of carboxylic acid groups (broad SMARTS) is 1. The normalized spacial score (nSPS) is 10.7. The highest BCUT2D eigenvalue weighted by Gasteiger charge is 2.18. The lowest BCUT2D eigenvalue weighted by Gasteiger charge is -2.24. The molecule has 150 valence electrons. The van der Waals surface area contributed by atoms with Crippen LogP contribution in [0.25, 0.3) is 11.1 Å². The van der Waals surface area contributed by atoms with Crippen molar-refractivity contribution in [3.05, 3.63) is 77.4 Å². The first-order chi connectivity index (χ1) is 13.8. The molecular weight excluding hydrogens is 376 g/mol. The van der Waals surface area contributed by atoms with Crippen LogP contribution < -0.4 is 9.64 Å². The van der Waals surface area contributed by atoms with Gasteiger partial charge in [0.25, 0.3) is 0 Å². The predicted octanol–water partition coefficient (Wildman–Crippen LogP) is 5.48. The van der Waals surface area contributed by atoms with Gasteiger partial charge in [0.2, 0.25) is 0 Å². The Balaban J connectivity index is 2.03. The number of rotatable bonds is 6. The molecule has 0 atom stereocenters. The number of ether oxygens (including phenoxy) is 1. The van der Waals surface area contributed by atoms with E-state index < -0.39 is 18.4 Å². The highest BCUT2D eigenvalue weighted by Crippen LogP contribution is 2.36. The van der Waals surface area contributed by atoms with Crippen molar-refractivity contribution in [3.63, 3.8) is 0 Å². The monoisotopic (exact) mass is 397 g/mol. The number of halogens is 2. The molecule has 6 heteroatoms. The summed E-state index contributed by atoms with van der Waals surface area (Å²) in [5.41, 5.74) is 3.94. The summed E-state index contributed by atoms with van der Waals surface area (Å²) in [5, 5.41) is 8.83. The van der Waals surface area contributed by atoms with Crippen LogP contribution in [0.15, 0.2) is 54.6 Å². The molecule has 0 fully saturated rings. The van der Waals surface area contributed by atoms with Gasteiger partial charge in [0.05, 0.1) is 5.69 Å².